The van der Waals surface area contributed by atoms with Crippen LogP contribution in [0.1, 0.15) is 0 Å². The van der Waals surface area contributed by atoms with E-state index in [0.717, 1.165) is 0 Å². The summed E-state index contributed by atoms with van der Waals surface area (Å²) >= 11 is 0. The summed E-state index contributed by atoms with van der Waals surface area (Å²) in [6.07, 6.45) is -1.21. The molecule has 9 heavy (non-hydrogen) atoms. The minimum absolute atomic E-state index is 0.0921. The lowest BCUT2D eigenvalue weighted by Crippen LogP contribution is -2.00. The van der Waals surface area contributed by atoms with E-state index in [1.54, 1.807) is 0 Å². The van der Waals surface area contributed by atoms with Crippen molar-refractivity contribution in [2.45, 2.75) is 6.17 Å². The van der Waals surface area contributed by atoms with Crippen LogP contribution in [-0.4, -0.2) is 26.1 Å². The molecule has 0 aromatic carbocycles. The molecule has 0 radical (unpaired) electrons. The van der Waals surface area contributed by atoms with Crippen LogP contribution in [0.15, 0.2) is 0 Å². The summed E-state index contributed by atoms with van der Waals surface area (Å²) in [6.45, 7) is -0.0921. The van der Waals surface area contributed by atoms with Crippen molar-refractivity contribution >= 4 is 7.60 Å². The Balaban J connectivity index is 2.55. The summed E-state index contributed by atoms with van der Waals surface area (Å²) in [7, 11) is -1.72. The second kappa shape index (κ2) is 2.37. The maximum absolute atomic E-state index is 12.2. The van der Waals surface area contributed by atoms with Gasteiger partial charge in [-0.1, -0.05) is 0 Å². The molecular weight excluding hydrogens is 146 g/mol. The first kappa shape index (κ1) is 7.19. The molecule has 1 aliphatic rings. The smallest absolute Gasteiger partial charge is 0.312 e. The maximum atomic E-state index is 12.2. The zero-order valence-corrected chi connectivity index (χ0v) is 5.94. The van der Waals surface area contributed by atoms with Gasteiger partial charge in [-0.05, 0) is 0 Å². The Bertz CT molecular complexity index is 149. The van der Waals surface area contributed by atoms with E-state index in [9.17, 15) is 8.96 Å². The molecule has 0 bridgehead atoms. The predicted molar refractivity (Wildman–Crippen MR) is 30.3 cm³/mol. The van der Waals surface area contributed by atoms with E-state index in [1.807, 2.05) is 0 Å². The van der Waals surface area contributed by atoms with Crippen molar-refractivity contribution in [3.63, 3.8) is 0 Å². The SMILES string of the molecule is COP1(=O)CC(F)CO1. The molecule has 0 saturated carbocycles. The van der Waals surface area contributed by atoms with Gasteiger partial charge in [0, 0.05) is 7.11 Å². The largest absolute Gasteiger partial charge is 0.333 e. The molecule has 1 rings (SSSR count). The van der Waals surface area contributed by atoms with Crippen molar-refractivity contribution in [1.82, 2.24) is 0 Å². The Morgan fingerprint density at radius 3 is 2.78 bits per heavy atom. The third-order valence-corrected chi connectivity index (χ3v) is 3.09. The molecule has 3 nitrogen and oxygen atoms in total. The molecular formula is C4H8FO3P. The molecule has 1 aliphatic heterocycles. The zero-order valence-electron chi connectivity index (χ0n) is 5.04. The van der Waals surface area contributed by atoms with Crippen molar-refractivity contribution in [1.29, 1.82) is 0 Å². The minimum Gasteiger partial charge on any atom is -0.312 e. The van der Waals surface area contributed by atoms with Crippen LogP contribution in [0.3, 0.4) is 0 Å². The standard InChI is InChI=1S/C4H8FO3P/c1-7-9(6)3-4(5)2-8-9/h4H,2-3H2,1H3. The molecule has 0 aliphatic carbocycles. The van der Waals surface area contributed by atoms with Crippen molar-refractivity contribution in [3.05, 3.63) is 0 Å². The zero-order chi connectivity index (χ0) is 6.91. The topological polar surface area (TPSA) is 35.5 Å². The Morgan fingerprint density at radius 1 is 1.89 bits per heavy atom. The minimum atomic E-state index is -2.98. The first-order valence-electron chi connectivity index (χ1n) is 2.60. The summed E-state index contributed by atoms with van der Waals surface area (Å²) in [5, 5.41) is 0. The number of halogens is 1. The van der Waals surface area contributed by atoms with Crippen LogP contribution in [0.5, 0.6) is 0 Å². The Kier molecular flexibility index (Phi) is 1.89. The average Bonchev–Trinajstić information content (AvgIpc) is 2.13. The fourth-order valence-corrected chi connectivity index (χ4v) is 2.01. The lowest BCUT2D eigenvalue weighted by atomic mass is 10.5. The molecule has 1 saturated heterocycles. The highest BCUT2D eigenvalue weighted by molar-refractivity contribution is 7.54. The van der Waals surface area contributed by atoms with Crippen LogP contribution >= 0.6 is 7.60 Å². The van der Waals surface area contributed by atoms with Gasteiger partial charge in [0.25, 0.3) is 0 Å². The Labute approximate surface area is 52.7 Å². The van der Waals surface area contributed by atoms with Crippen LogP contribution in [0.4, 0.5) is 4.39 Å². The predicted octanol–water partition coefficient (Wildman–Crippen LogP) is 1.19. The second-order valence-corrected chi connectivity index (χ2v) is 4.08. The lowest BCUT2D eigenvalue weighted by Gasteiger charge is -2.04. The van der Waals surface area contributed by atoms with Gasteiger partial charge in [0.1, 0.15) is 6.17 Å². The van der Waals surface area contributed by atoms with Crippen molar-refractivity contribution in [3.8, 4) is 0 Å². The van der Waals surface area contributed by atoms with Gasteiger partial charge >= 0.3 is 7.60 Å². The normalized spacial score (nSPS) is 43.6. The van der Waals surface area contributed by atoms with Crippen LogP contribution < -0.4 is 0 Å². The molecule has 0 spiro atoms. The van der Waals surface area contributed by atoms with E-state index in [1.165, 1.54) is 7.11 Å². The lowest BCUT2D eigenvalue weighted by molar-refractivity contribution is 0.227. The van der Waals surface area contributed by atoms with Gasteiger partial charge in [-0.25, -0.2) is 4.39 Å². The van der Waals surface area contributed by atoms with E-state index in [4.69, 9.17) is 0 Å². The van der Waals surface area contributed by atoms with E-state index in [-0.39, 0.29) is 12.8 Å². The molecule has 0 N–H and O–H groups in total. The van der Waals surface area contributed by atoms with E-state index in [0.29, 0.717) is 0 Å². The van der Waals surface area contributed by atoms with Crippen LogP contribution in [-0.2, 0) is 13.6 Å². The summed E-state index contributed by atoms with van der Waals surface area (Å²) in [5.41, 5.74) is 0. The molecule has 0 amide bonds. The van der Waals surface area contributed by atoms with Gasteiger partial charge in [0.05, 0.1) is 12.8 Å². The molecule has 0 aromatic heterocycles. The number of hydrogen-bond acceptors (Lipinski definition) is 3. The third-order valence-electron chi connectivity index (χ3n) is 1.15. The molecule has 5 heteroatoms. The summed E-state index contributed by atoms with van der Waals surface area (Å²) < 4.78 is 32.2. The van der Waals surface area contributed by atoms with Crippen LogP contribution in [0.25, 0.3) is 0 Å². The van der Waals surface area contributed by atoms with Gasteiger partial charge in [0.15, 0.2) is 0 Å². The molecule has 2 atom stereocenters. The number of rotatable bonds is 1. The third kappa shape index (κ3) is 1.51. The summed E-state index contributed by atoms with van der Waals surface area (Å²) in [5.74, 6) is 0. The summed E-state index contributed by atoms with van der Waals surface area (Å²) in [4.78, 5) is 0. The Hall–Kier alpha value is 0.0800. The first-order chi connectivity index (χ1) is 4.16. The van der Waals surface area contributed by atoms with Crippen LogP contribution in [0.2, 0.25) is 0 Å². The highest BCUT2D eigenvalue weighted by atomic mass is 31.2. The fourth-order valence-electron chi connectivity index (χ4n) is 0.670. The fraction of sp³-hybridized carbons (Fsp3) is 1.00. The summed E-state index contributed by atoms with van der Waals surface area (Å²) in [6, 6.07) is 0. The van der Waals surface area contributed by atoms with Crippen molar-refractivity contribution in [2.75, 3.05) is 19.9 Å². The van der Waals surface area contributed by atoms with Gasteiger partial charge < -0.3 is 9.05 Å². The number of alkyl halides is 1. The van der Waals surface area contributed by atoms with E-state index in [2.05, 4.69) is 9.05 Å². The maximum Gasteiger partial charge on any atom is 0.333 e. The highest BCUT2D eigenvalue weighted by Crippen LogP contribution is 2.52. The molecule has 1 fully saturated rings. The van der Waals surface area contributed by atoms with Crippen LogP contribution in [0, 0.1) is 0 Å². The first-order valence-corrected chi connectivity index (χ1v) is 4.32. The van der Waals surface area contributed by atoms with Gasteiger partial charge in [-0.3, -0.25) is 4.57 Å². The van der Waals surface area contributed by atoms with Crippen molar-refractivity contribution in [2.24, 2.45) is 0 Å². The van der Waals surface area contributed by atoms with Crippen molar-refractivity contribution < 1.29 is 18.0 Å². The highest BCUT2D eigenvalue weighted by Gasteiger charge is 2.35. The van der Waals surface area contributed by atoms with E-state index >= 15 is 0 Å². The second-order valence-electron chi connectivity index (χ2n) is 1.87. The average molecular weight is 154 g/mol. The van der Waals surface area contributed by atoms with Gasteiger partial charge in [0.2, 0.25) is 0 Å². The van der Waals surface area contributed by atoms with Gasteiger partial charge in [-0.15, -0.1) is 0 Å². The monoisotopic (exact) mass is 154 g/mol. The molecule has 54 valence electrons. The Morgan fingerprint density at radius 2 is 2.56 bits per heavy atom. The molecule has 1 heterocycles. The molecule has 2 unspecified atom stereocenters. The van der Waals surface area contributed by atoms with Gasteiger partial charge in [-0.2, -0.15) is 0 Å². The molecule has 0 aromatic rings. The quantitative estimate of drug-likeness (QED) is 0.532. The van der Waals surface area contributed by atoms with E-state index < -0.39 is 13.8 Å². The number of hydrogen-bond donors (Lipinski definition) is 0.